The SMILES string of the molecule is CCCC(=O)NCC(COC(=O)CCC)OC(=O)CCC. The van der Waals surface area contributed by atoms with Gasteiger partial charge in [0.25, 0.3) is 0 Å². The van der Waals surface area contributed by atoms with Gasteiger partial charge < -0.3 is 14.8 Å². The highest BCUT2D eigenvalue weighted by Gasteiger charge is 2.17. The van der Waals surface area contributed by atoms with Crippen LogP contribution in [-0.2, 0) is 23.9 Å². The van der Waals surface area contributed by atoms with Crippen LogP contribution in [0.5, 0.6) is 0 Å². The number of rotatable bonds is 11. The second kappa shape index (κ2) is 12.2. The lowest BCUT2D eigenvalue weighted by Gasteiger charge is -2.18. The average Bonchev–Trinajstić information content (AvgIpc) is 2.42. The van der Waals surface area contributed by atoms with Gasteiger partial charge in [0.05, 0.1) is 6.54 Å². The molecule has 6 heteroatoms. The minimum absolute atomic E-state index is 0.0271. The lowest BCUT2D eigenvalue weighted by atomic mass is 10.3. The Kier molecular flexibility index (Phi) is 11.3. The van der Waals surface area contributed by atoms with Gasteiger partial charge in [0, 0.05) is 19.3 Å². The monoisotopic (exact) mass is 301 g/mol. The van der Waals surface area contributed by atoms with Crippen LogP contribution < -0.4 is 5.32 Å². The maximum absolute atomic E-state index is 11.5. The van der Waals surface area contributed by atoms with Crippen molar-refractivity contribution in [1.82, 2.24) is 5.32 Å². The molecule has 0 aliphatic rings. The van der Waals surface area contributed by atoms with Crippen LogP contribution in [0.2, 0.25) is 0 Å². The van der Waals surface area contributed by atoms with Crippen molar-refractivity contribution in [2.75, 3.05) is 13.2 Å². The van der Waals surface area contributed by atoms with Crippen molar-refractivity contribution in [1.29, 1.82) is 0 Å². The zero-order chi connectivity index (χ0) is 16.1. The molecule has 0 saturated carbocycles. The van der Waals surface area contributed by atoms with Gasteiger partial charge in [-0.05, 0) is 19.3 Å². The predicted molar refractivity (Wildman–Crippen MR) is 78.6 cm³/mol. The van der Waals surface area contributed by atoms with Crippen LogP contribution in [0.25, 0.3) is 0 Å². The zero-order valence-corrected chi connectivity index (χ0v) is 13.3. The van der Waals surface area contributed by atoms with Crippen molar-refractivity contribution in [2.24, 2.45) is 0 Å². The van der Waals surface area contributed by atoms with E-state index in [0.29, 0.717) is 32.1 Å². The number of hydrogen-bond acceptors (Lipinski definition) is 5. The van der Waals surface area contributed by atoms with Gasteiger partial charge in [0.15, 0.2) is 6.10 Å². The van der Waals surface area contributed by atoms with E-state index in [1.54, 1.807) is 0 Å². The molecular weight excluding hydrogens is 274 g/mol. The van der Waals surface area contributed by atoms with Gasteiger partial charge in [0.2, 0.25) is 5.91 Å². The summed E-state index contributed by atoms with van der Waals surface area (Å²) < 4.78 is 10.3. The van der Waals surface area contributed by atoms with Gasteiger partial charge in [0.1, 0.15) is 6.61 Å². The normalized spacial score (nSPS) is 11.6. The first-order chi connectivity index (χ1) is 10.0. The molecule has 0 aromatic rings. The van der Waals surface area contributed by atoms with E-state index >= 15 is 0 Å². The lowest BCUT2D eigenvalue weighted by molar-refractivity contribution is -0.159. The Balaban J connectivity index is 4.29. The molecule has 122 valence electrons. The van der Waals surface area contributed by atoms with E-state index in [2.05, 4.69) is 5.32 Å². The van der Waals surface area contributed by atoms with E-state index in [-0.39, 0.29) is 31.0 Å². The second-order valence-electron chi connectivity index (χ2n) is 4.85. The highest BCUT2D eigenvalue weighted by molar-refractivity contribution is 5.76. The Hall–Kier alpha value is -1.59. The van der Waals surface area contributed by atoms with E-state index in [9.17, 15) is 14.4 Å². The quantitative estimate of drug-likeness (QED) is 0.590. The molecule has 1 atom stereocenters. The topological polar surface area (TPSA) is 81.7 Å². The van der Waals surface area contributed by atoms with E-state index < -0.39 is 6.10 Å². The molecular formula is C15H27NO5. The predicted octanol–water partition coefficient (Wildman–Crippen LogP) is 1.96. The Morgan fingerprint density at radius 2 is 1.48 bits per heavy atom. The van der Waals surface area contributed by atoms with Gasteiger partial charge >= 0.3 is 11.9 Å². The first kappa shape index (κ1) is 19.4. The summed E-state index contributed by atoms with van der Waals surface area (Å²) in [6.07, 6.45) is 2.56. The summed E-state index contributed by atoms with van der Waals surface area (Å²) in [6.45, 7) is 5.80. The molecule has 0 spiro atoms. The fraction of sp³-hybridized carbons (Fsp3) is 0.800. The number of amides is 1. The van der Waals surface area contributed by atoms with Crippen LogP contribution in [0.3, 0.4) is 0 Å². The fourth-order valence-corrected chi connectivity index (χ4v) is 1.59. The summed E-state index contributed by atoms with van der Waals surface area (Å²) in [5.74, 6) is -0.776. The number of ether oxygens (including phenoxy) is 2. The summed E-state index contributed by atoms with van der Waals surface area (Å²) >= 11 is 0. The van der Waals surface area contributed by atoms with E-state index in [1.165, 1.54) is 0 Å². The third-order valence-electron chi connectivity index (χ3n) is 2.64. The Morgan fingerprint density at radius 3 is 2.05 bits per heavy atom. The number of hydrogen-bond donors (Lipinski definition) is 1. The van der Waals surface area contributed by atoms with Crippen LogP contribution in [-0.4, -0.2) is 37.1 Å². The van der Waals surface area contributed by atoms with Crippen molar-refractivity contribution < 1.29 is 23.9 Å². The van der Waals surface area contributed by atoms with E-state index in [1.807, 2.05) is 20.8 Å². The molecule has 1 unspecified atom stereocenters. The average molecular weight is 301 g/mol. The third kappa shape index (κ3) is 10.8. The van der Waals surface area contributed by atoms with Gasteiger partial charge in [-0.1, -0.05) is 20.8 Å². The van der Waals surface area contributed by atoms with Crippen molar-refractivity contribution in [2.45, 2.75) is 65.4 Å². The third-order valence-corrected chi connectivity index (χ3v) is 2.64. The van der Waals surface area contributed by atoms with Crippen molar-refractivity contribution in [3.8, 4) is 0 Å². The molecule has 0 saturated heterocycles. The molecule has 21 heavy (non-hydrogen) atoms. The standard InChI is InChI=1S/C15H27NO5/c1-4-7-13(17)16-10-12(21-15(19)9-6-3)11-20-14(18)8-5-2/h12H,4-11H2,1-3H3,(H,16,17). The molecule has 0 heterocycles. The number of carbonyl (C=O) groups is 3. The highest BCUT2D eigenvalue weighted by Crippen LogP contribution is 2.01. The van der Waals surface area contributed by atoms with Gasteiger partial charge in [-0.2, -0.15) is 0 Å². The van der Waals surface area contributed by atoms with Gasteiger partial charge in [-0.25, -0.2) is 0 Å². The molecule has 0 aromatic heterocycles. The van der Waals surface area contributed by atoms with Crippen LogP contribution in [0.4, 0.5) is 0 Å². The molecule has 0 bridgehead atoms. The summed E-state index contributed by atoms with van der Waals surface area (Å²) in [7, 11) is 0. The Labute approximate surface area is 126 Å². The van der Waals surface area contributed by atoms with E-state index in [0.717, 1.165) is 6.42 Å². The summed E-state index contributed by atoms with van der Waals surface area (Å²) in [5, 5.41) is 2.68. The number of carbonyl (C=O) groups excluding carboxylic acids is 3. The van der Waals surface area contributed by atoms with Crippen molar-refractivity contribution in [3.05, 3.63) is 0 Å². The molecule has 0 rings (SSSR count). The van der Waals surface area contributed by atoms with Gasteiger partial charge in [-0.3, -0.25) is 14.4 Å². The first-order valence-corrected chi connectivity index (χ1v) is 7.65. The molecule has 0 fully saturated rings. The maximum atomic E-state index is 11.5. The van der Waals surface area contributed by atoms with Crippen LogP contribution in [0, 0.1) is 0 Å². The molecule has 0 aliphatic carbocycles. The van der Waals surface area contributed by atoms with Crippen LogP contribution >= 0.6 is 0 Å². The smallest absolute Gasteiger partial charge is 0.306 e. The zero-order valence-electron chi connectivity index (χ0n) is 13.3. The Bertz CT molecular complexity index is 308. The molecule has 0 aromatic carbocycles. The highest BCUT2D eigenvalue weighted by atomic mass is 16.6. The maximum Gasteiger partial charge on any atom is 0.306 e. The molecule has 6 nitrogen and oxygen atoms in total. The minimum atomic E-state index is -0.634. The summed E-state index contributed by atoms with van der Waals surface area (Å²) in [6, 6.07) is 0. The Morgan fingerprint density at radius 1 is 0.905 bits per heavy atom. The number of nitrogens with one attached hydrogen (secondary N) is 1. The largest absolute Gasteiger partial charge is 0.462 e. The molecule has 1 amide bonds. The number of esters is 2. The van der Waals surface area contributed by atoms with E-state index in [4.69, 9.17) is 9.47 Å². The fourth-order valence-electron chi connectivity index (χ4n) is 1.59. The van der Waals surface area contributed by atoms with Crippen molar-refractivity contribution >= 4 is 17.8 Å². The van der Waals surface area contributed by atoms with Gasteiger partial charge in [-0.15, -0.1) is 0 Å². The first-order valence-electron chi connectivity index (χ1n) is 7.65. The second-order valence-corrected chi connectivity index (χ2v) is 4.85. The molecule has 0 aliphatic heterocycles. The van der Waals surface area contributed by atoms with Crippen LogP contribution in [0.15, 0.2) is 0 Å². The molecule has 1 N–H and O–H groups in total. The van der Waals surface area contributed by atoms with Crippen molar-refractivity contribution in [3.63, 3.8) is 0 Å². The minimum Gasteiger partial charge on any atom is -0.462 e. The molecule has 0 radical (unpaired) electrons. The van der Waals surface area contributed by atoms with Crippen LogP contribution in [0.1, 0.15) is 59.3 Å². The summed E-state index contributed by atoms with van der Waals surface area (Å²) in [4.78, 5) is 34.3. The lowest BCUT2D eigenvalue weighted by Crippen LogP contribution is -2.38. The summed E-state index contributed by atoms with van der Waals surface area (Å²) in [5.41, 5.74) is 0.